The minimum atomic E-state index is -4.61. The molecule has 1 aromatic heterocycles. The number of rotatable bonds is 6. The zero-order chi connectivity index (χ0) is 16.3. The molecule has 2 rings (SSSR count). The van der Waals surface area contributed by atoms with Gasteiger partial charge < -0.3 is 9.26 Å². The molecular weight excluding hydrogens is 318 g/mol. The Balaban J connectivity index is 2.25. The fraction of sp³-hybridized carbons (Fsp3) is 0.385. The number of nitrogens with zero attached hydrogens (tertiary/aromatic N) is 2. The largest absolute Gasteiger partial charge is 0.371 e. The number of halogens is 2. The summed E-state index contributed by atoms with van der Waals surface area (Å²) >= 11 is 0. The predicted octanol–water partition coefficient (Wildman–Crippen LogP) is 2.83. The molecule has 2 aromatic rings. The van der Waals surface area contributed by atoms with E-state index < -0.39 is 20.5 Å². The van der Waals surface area contributed by atoms with Gasteiger partial charge in [0.15, 0.2) is 0 Å². The van der Waals surface area contributed by atoms with Crippen molar-refractivity contribution in [1.82, 2.24) is 10.1 Å². The minimum absolute atomic E-state index is 0.155. The lowest BCUT2D eigenvalue weighted by Gasteiger charge is -2.05. The number of benzene rings is 1. The molecule has 6 nitrogen and oxygen atoms in total. The molecule has 0 aliphatic heterocycles. The van der Waals surface area contributed by atoms with E-state index in [-0.39, 0.29) is 12.0 Å². The quantitative estimate of drug-likeness (QED) is 0.809. The fourth-order valence-electron chi connectivity index (χ4n) is 1.73. The molecule has 0 bridgehead atoms. The van der Waals surface area contributed by atoms with Crippen LogP contribution in [0, 0.1) is 0 Å². The molecule has 1 heterocycles. The molecule has 0 radical (unpaired) electrons. The normalized spacial score (nSPS) is 13.5. The maximum absolute atomic E-state index is 12.4. The van der Waals surface area contributed by atoms with Crippen LogP contribution in [-0.4, -0.2) is 30.9 Å². The molecule has 22 heavy (non-hydrogen) atoms. The van der Waals surface area contributed by atoms with Crippen molar-refractivity contribution in [2.45, 2.75) is 30.6 Å². The molecule has 1 aromatic carbocycles. The number of sulfone groups is 1. The molecule has 0 N–H and O–H groups in total. The Kier molecular flexibility index (Phi) is 4.87. The van der Waals surface area contributed by atoms with Gasteiger partial charge in [-0.25, -0.2) is 8.42 Å². The van der Waals surface area contributed by atoms with Crippen molar-refractivity contribution < 1.29 is 26.5 Å². The lowest BCUT2D eigenvalue weighted by atomic mass is 10.2. The fourth-order valence-corrected chi connectivity index (χ4v) is 2.45. The average molecular weight is 332 g/mol. The van der Waals surface area contributed by atoms with Crippen LogP contribution in [0.15, 0.2) is 33.7 Å². The lowest BCUT2D eigenvalue weighted by Crippen LogP contribution is -2.11. The standard InChI is InChI=1S/C13H14F2N2O4S/c1-3-20-8(2)11-16-12(21-17-11)9-4-6-10(7-5-9)22(18,19)13(14)15/h4-8,13H,3H2,1-2H3. The second kappa shape index (κ2) is 6.49. The van der Waals surface area contributed by atoms with Crippen LogP contribution in [0.25, 0.3) is 11.5 Å². The van der Waals surface area contributed by atoms with E-state index in [1.54, 1.807) is 6.92 Å². The predicted molar refractivity (Wildman–Crippen MR) is 73.0 cm³/mol. The summed E-state index contributed by atoms with van der Waals surface area (Å²) in [4.78, 5) is 3.66. The molecule has 120 valence electrons. The maximum Gasteiger partial charge on any atom is 0.341 e. The van der Waals surface area contributed by atoms with Gasteiger partial charge >= 0.3 is 5.76 Å². The second-order valence-electron chi connectivity index (χ2n) is 4.39. The number of ether oxygens (including phenoxy) is 1. The second-order valence-corrected chi connectivity index (χ2v) is 6.30. The lowest BCUT2D eigenvalue weighted by molar-refractivity contribution is 0.0683. The van der Waals surface area contributed by atoms with Gasteiger partial charge in [-0.15, -0.1) is 0 Å². The van der Waals surface area contributed by atoms with Crippen LogP contribution < -0.4 is 0 Å². The van der Waals surface area contributed by atoms with Gasteiger partial charge in [0.25, 0.3) is 5.89 Å². The van der Waals surface area contributed by atoms with Crippen molar-refractivity contribution in [1.29, 1.82) is 0 Å². The van der Waals surface area contributed by atoms with E-state index in [0.29, 0.717) is 18.0 Å². The molecule has 9 heteroatoms. The molecule has 0 saturated heterocycles. The number of aromatic nitrogens is 2. The van der Waals surface area contributed by atoms with E-state index in [4.69, 9.17) is 9.26 Å². The van der Waals surface area contributed by atoms with E-state index in [9.17, 15) is 17.2 Å². The van der Waals surface area contributed by atoms with Crippen LogP contribution in [-0.2, 0) is 14.6 Å². The molecule has 0 aliphatic rings. The Labute approximate surface area is 126 Å². The van der Waals surface area contributed by atoms with Gasteiger partial charge in [-0.1, -0.05) is 5.16 Å². The van der Waals surface area contributed by atoms with Crippen molar-refractivity contribution >= 4 is 9.84 Å². The first-order valence-corrected chi connectivity index (χ1v) is 7.98. The Morgan fingerprint density at radius 3 is 2.45 bits per heavy atom. The SMILES string of the molecule is CCOC(C)c1noc(-c2ccc(S(=O)(=O)C(F)F)cc2)n1. The summed E-state index contributed by atoms with van der Waals surface area (Å²) in [6.45, 7) is 4.08. The van der Waals surface area contributed by atoms with Gasteiger partial charge in [-0.2, -0.15) is 13.8 Å². The van der Waals surface area contributed by atoms with Crippen LogP contribution in [0.5, 0.6) is 0 Å². The summed E-state index contributed by atoms with van der Waals surface area (Å²) in [6.07, 6.45) is -0.346. The van der Waals surface area contributed by atoms with Crippen molar-refractivity contribution in [3.63, 3.8) is 0 Å². The third kappa shape index (κ3) is 3.30. The average Bonchev–Trinajstić information content (AvgIpc) is 2.97. The summed E-state index contributed by atoms with van der Waals surface area (Å²) in [5, 5.41) is 3.76. The highest BCUT2D eigenvalue weighted by Gasteiger charge is 2.26. The van der Waals surface area contributed by atoms with Gasteiger partial charge in [0, 0.05) is 12.2 Å². The summed E-state index contributed by atoms with van der Waals surface area (Å²) < 4.78 is 57.9. The highest BCUT2D eigenvalue weighted by molar-refractivity contribution is 7.91. The molecule has 1 unspecified atom stereocenters. The molecule has 0 spiro atoms. The van der Waals surface area contributed by atoms with E-state index in [1.165, 1.54) is 12.1 Å². The van der Waals surface area contributed by atoms with Gasteiger partial charge in [0.1, 0.15) is 6.10 Å². The van der Waals surface area contributed by atoms with Crippen LogP contribution in [0.3, 0.4) is 0 Å². The minimum Gasteiger partial charge on any atom is -0.371 e. The van der Waals surface area contributed by atoms with Crippen molar-refractivity contribution in [3.8, 4) is 11.5 Å². The smallest absolute Gasteiger partial charge is 0.341 e. The molecule has 0 saturated carbocycles. The zero-order valence-electron chi connectivity index (χ0n) is 11.9. The number of hydrogen-bond acceptors (Lipinski definition) is 6. The molecule has 0 fully saturated rings. The van der Waals surface area contributed by atoms with Gasteiger partial charge in [0.2, 0.25) is 15.7 Å². The third-order valence-electron chi connectivity index (χ3n) is 2.89. The van der Waals surface area contributed by atoms with Gasteiger partial charge in [-0.3, -0.25) is 0 Å². The van der Waals surface area contributed by atoms with Crippen LogP contribution >= 0.6 is 0 Å². The van der Waals surface area contributed by atoms with Crippen molar-refractivity contribution in [2.75, 3.05) is 6.61 Å². The Morgan fingerprint density at radius 2 is 1.91 bits per heavy atom. The molecule has 0 amide bonds. The summed E-state index contributed by atoms with van der Waals surface area (Å²) in [6, 6.07) is 4.81. The molecular formula is C13H14F2N2O4S. The van der Waals surface area contributed by atoms with Crippen LogP contribution in [0.1, 0.15) is 25.8 Å². The van der Waals surface area contributed by atoms with Crippen molar-refractivity contribution in [3.05, 3.63) is 30.1 Å². The monoisotopic (exact) mass is 332 g/mol. The van der Waals surface area contributed by atoms with Crippen molar-refractivity contribution in [2.24, 2.45) is 0 Å². The highest BCUT2D eigenvalue weighted by atomic mass is 32.2. The Bertz CT molecular complexity index is 729. The van der Waals surface area contributed by atoms with Crippen LogP contribution in [0.2, 0.25) is 0 Å². The summed E-state index contributed by atoms with van der Waals surface area (Å²) in [5.74, 6) is -2.95. The van der Waals surface area contributed by atoms with E-state index in [2.05, 4.69) is 10.1 Å². The number of alkyl halides is 2. The van der Waals surface area contributed by atoms with Gasteiger partial charge in [-0.05, 0) is 38.1 Å². The van der Waals surface area contributed by atoms with E-state index >= 15 is 0 Å². The van der Waals surface area contributed by atoms with E-state index in [1.807, 2.05) is 6.92 Å². The van der Waals surface area contributed by atoms with Crippen LogP contribution in [0.4, 0.5) is 8.78 Å². The first kappa shape index (κ1) is 16.5. The number of hydrogen-bond donors (Lipinski definition) is 0. The van der Waals surface area contributed by atoms with Gasteiger partial charge in [0.05, 0.1) is 4.90 Å². The topological polar surface area (TPSA) is 82.3 Å². The first-order chi connectivity index (χ1) is 10.4. The summed E-state index contributed by atoms with van der Waals surface area (Å²) in [5.41, 5.74) is 0.427. The molecule has 0 aliphatic carbocycles. The molecule has 1 atom stereocenters. The zero-order valence-corrected chi connectivity index (χ0v) is 12.7. The summed E-state index contributed by atoms with van der Waals surface area (Å²) in [7, 11) is -4.61. The Hall–Kier alpha value is -1.87. The van der Waals surface area contributed by atoms with E-state index in [0.717, 1.165) is 12.1 Å². The third-order valence-corrected chi connectivity index (χ3v) is 4.28. The first-order valence-electron chi connectivity index (χ1n) is 6.44. The Morgan fingerprint density at radius 1 is 1.27 bits per heavy atom. The maximum atomic E-state index is 12.4. The highest BCUT2D eigenvalue weighted by Crippen LogP contribution is 2.24.